The smallest absolute Gasteiger partial charge is 0.224 e. The maximum atomic E-state index is 5.89. The van der Waals surface area contributed by atoms with E-state index >= 15 is 0 Å². The molecule has 1 heterocycles. The molecule has 1 aromatic heterocycles. The van der Waals surface area contributed by atoms with Gasteiger partial charge in [0, 0.05) is 5.39 Å². The van der Waals surface area contributed by atoms with Gasteiger partial charge in [0.2, 0.25) is 5.28 Å². The van der Waals surface area contributed by atoms with Gasteiger partial charge in [-0.15, -0.1) is 0 Å². The lowest BCUT2D eigenvalue weighted by molar-refractivity contribution is 0.799. The highest BCUT2D eigenvalue weighted by molar-refractivity contribution is 6.28. The summed E-state index contributed by atoms with van der Waals surface area (Å²) in [5.41, 5.74) is 7.92. The third-order valence-corrected chi connectivity index (χ3v) is 2.78. The number of anilines is 1. The maximum Gasteiger partial charge on any atom is 0.224 e. The first kappa shape index (κ1) is 11.1. The van der Waals surface area contributed by atoms with E-state index in [0.29, 0.717) is 5.82 Å². The van der Waals surface area contributed by atoms with Crippen molar-refractivity contribution in [3.8, 4) is 0 Å². The minimum absolute atomic E-state index is 0.206. The molecule has 0 atom stereocenters. The van der Waals surface area contributed by atoms with Crippen molar-refractivity contribution < 1.29 is 0 Å². The zero-order chi connectivity index (χ0) is 11.5. The van der Waals surface area contributed by atoms with Crippen molar-refractivity contribution in [3.63, 3.8) is 0 Å². The molecule has 0 saturated carbocycles. The van der Waals surface area contributed by atoms with E-state index < -0.39 is 0 Å². The van der Waals surface area contributed by atoms with Crippen LogP contribution in [-0.4, -0.2) is 9.97 Å². The first-order valence-electron chi connectivity index (χ1n) is 5.43. The molecule has 0 amide bonds. The number of hydrogen-bond donors (Lipinski definition) is 1. The van der Waals surface area contributed by atoms with E-state index in [4.69, 9.17) is 17.3 Å². The Hall–Kier alpha value is -1.35. The second-order valence-corrected chi connectivity index (χ2v) is 4.13. The van der Waals surface area contributed by atoms with Gasteiger partial charge in [-0.3, -0.25) is 0 Å². The van der Waals surface area contributed by atoms with Crippen molar-refractivity contribution in [2.24, 2.45) is 0 Å². The van der Waals surface area contributed by atoms with Crippen LogP contribution < -0.4 is 5.73 Å². The fraction of sp³-hybridized carbons (Fsp3) is 0.333. The highest BCUT2D eigenvalue weighted by Crippen LogP contribution is 2.24. The summed E-state index contributed by atoms with van der Waals surface area (Å²) in [6.07, 6.45) is 3.30. The van der Waals surface area contributed by atoms with Crippen molar-refractivity contribution in [2.75, 3.05) is 5.73 Å². The molecular formula is C12H14ClN3. The number of aromatic nitrogens is 2. The Labute approximate surface area is 99.7 Å². The fourth-order valence-corrected chi connectivity index (χ4v) is 2.01. The van der Waals surface area contributed by atoms with E-state index in [0.717, 1.165) is 30.2 Å². The molecule has 2 aromatic rings. The molecule has 0 aliphatic heterocycles. The van der Waals surface area contributed by atoms with Crippen LogP contribution in [0.15, 0.2) is 18.2 Å². The number of fused-ring (bicyclic) bond motifs is 1. The van der Waals surface area contributed by atoms with E-state index in [9.17, 15) is 0 Å². The SMILES string of the molecule is CCCCc1cccc2nc(Cl)nc(N)c12. The van der Waals surface area contributed by atoms with Gasteiger partial charge >= 0.3 is 0 Å². The summed E-state index contributed by atoms with van der Waals surface area (Å²) in [5.74, 6) is 0.474. The Morgan fingerprint density at radius 3 is 2.88 bits per heavy atom. The van der Waals surface area contributed by atoms with Gasteiger partial charge in [0.05, 0.1) is 5.52 Å². The summed E-state index contributed by atoms with van der Waals surface area (Å²) >= 11 is 5.78. The number of hydrogen-bond acceptors (Lipinski definition) is 3. The molecule has 0 radical (unpaired) electrons. The number of aryl methyl sites for hydroxylation is 1. The second-order valence-electron chi connectivity index (χ2n) is 3.79. The van der Waals surface area contributed by atoms with Crippen molar-refractivity contribution >= 4 is 28.3 Å². The lowest BCUT2D eigenvalue weighted by atomic mass is 10.0. The molecule has 2 N–H and O–H groups in total. The van der Waals surface area contributed by atoms with Gasteiger partial charge in [-0.1, -0.05) is 25.5 Å². The standard InChI is InChI=1S/C12H14ClN3/c1-2-3-5-8-6-4-7-9-10(8)11(14)16-12(13)15-9/h4,6-7H,2-3,5H2,1H3,(H2,14,15,16). The van der Waals surface area contributed by atoms with Crippen LogP contribution in [0.4, 0.5) is 5.82 Å². The van der Waals surface area contributed by atoms with Gasteiger partial charge in [0.15, 0.2) is 0 Å². The minimum Gasteiger partial charge on any atom is -0.383 e. The van der Waals surface area contributed by atoms with Crippen LogP contribution in [0.25, 0.3) is 10.9 Å². The maximum absolute atomic E-state index is 5.89. The van der Waals surface area contributed by atoms with Gasteiger partial charge < -0.3 is 5.73 Å². The topological polar surface area (TPSA) is 51.8 Å². The van der Waals surface area contributed by atoms with E-state index in [1.54, 1.807) is 0 Å². The molecule has 0 spiro atoms. The summed E-state index contributed by atoms with van der Waals surface area (Å²) in [6.45, 7) is 2.17. The summed E-state index contributed by atoms with van der Waals surface area (Å²) in [7, 11) is 0. The number of nitrogen functional groups attached to an aromatic ring is 1. The quantitative estimate of drug-likeness (QED) is 0.832. The zero-order valence-electron chi connectivity index (χ0n) is 9.20. The van der Waals surface area contributed by atoms with Crippen LogP contribution >= 0.6 is 11.6 Å². The molecule has 4 heteroatoms. The fourth-order valence-electron chi connectivity index (χ4n) is 1.83. The van der Waals surface area contributed by atoms with E-state index in [1.807, 2.05) is 12.1 Å². The number of halogens is 1. The monoisotopic (exact) mass is 235 g/mol. The summed E-state index contributed by atoms with van der Waals surface area (Å²) in [5, 5.41) is 1.15. The van der Waals surface area contributed by atoms with Crippen molar-refractivity contribution in [1.82, 2.24) is 9.97 Å². The van der Waals surface area contributed by atoms with Crippen LogP contribution in [0.1, 0.15) is 25.3 Å². The van der Waals surface area contributed by atoms with Gasteiger partial charge in [0.25, 0.3) is 0 Å². The van der Waals surface area contributed by atoms with E-state index in [1.165, 1.54) is 5.56 Å². The lowest BCUT2D eigenvalue weighted by Gasteiger charge is -2.07. The van der Waals surface area contributed by atoms with Crippen LogP contribution in [-0.2, 0) is 6.42 Å². The molecule has 0 bridgehead atoms. The average molecular weight is 236 g/mol. The molecule has 84 valence electrons. The van der Waals surface area contributed by atoms with Crippen molar-refractivity contribution in [2.45, 2.75) is 26.2 Å². The molecule has 0 aliphatic carbocycles. The Kier molecular flexibility index (Phi) is 3.25. The van der Waals surface area contributed by atoms with Crippen molar-refractivity contribution in [3.05, 3.63) is 29.0 Å². The van der Waals surface area contributed by atoms with Gasteiger partial charge in [-0.2, -0.15) is 0 Å². The first-order valence-corrected chi connectivity index (χ1v) is 5.80. The molecule has 0 unspecified atom stereocenters. The summed E-state index contributed by atoms with van der Waals surface area (Å²) in [6, 6.07) is 5.97. The Morgan fingerprint density at radius 2 is 2.12 bits per heavy atom. The molecule has 0 aliphatic rings. The molecule has 1 aromatic carbocycles. The number of nitrogens with two attached hydrogens (primary N) is 1. The number of rotatable bonds is 3. The highest BCUT2D eigenvalue weighted by atomic mass is 35.5. The Balaban J connectivity index is 2.57. The normalized spacial score (nSPS) is 10.9. The lowest BCUT2D eigenvalue weighted by Crippen LogP contribution is -1.98. The summed E-state index contributed by atoms with van der Waals surface area (Å²) in [4.78, 5) is 8.18. The van der Waals surface area contributed by atoms with Gasteiger partial charge in [-0.25, -0.2) is 9.97 Å². The van der Waals surface area contributed by atoms with Crippen LogP contribution in [0.3, 0.4) is 0 Å². The Bertz CT molecular complexity index is 511. The van der Waals surface area contributed by atoms with Gasteiger partial charge in [0.1, 0.15) is 5.82 Å². The number of nitrogens with zero attached hydrogens (tertiary/aromatic N) is 2. The zero-order valence-corrected chi connectivity index (χ0v) is 9.96. The largest absolute Gasteiger partial charge is 0.383 e. The van der Waals surface area contributed by atoms with Crippen molar-refractivity contribution in [1.29, 1.82) is 0 Å². The highest BCUT2D eigenvalue weighted by Gasteiger charge is 2.07. The number of benzene rings is 1. The van der Waals surface area contributed by atoms with Crippen LogP contribution in [0.2, 0.25) is 5.28 Å². The molecule has 16 heavy (non-hydrogen) atoms. The number of unbranched alkanes of at least 4 members (excludes halogenated alkanes) is 1. The van der Waals surface area contributed by atoms with Crippen LogP contribution in [0.5, 0.6) is 0 Å². The van der Waals surface area contributed by atoms with Gasteiger partial charge in [-0.05, 0) is 36.1 Å². The predicted octanol–water partition coefficient (Wildman–Crippen LogP) is 3.21. The summed E-state index contributed by atoms with van der Waals surface area (Å²) < 4.78 is 0. The second kappa shape index (κ2) is 4.66. The minimum atomic E-state index is 0.206. The van der Waals surface area contributed by atoms with E-state index in [-0.39, 0.29) is 5.28 Å². The third kappa shape index (κ3) is 2.09. The average Bonchev–Trinajstić information content (AvgIpc) is 2.25. The molecule has 0 fully saturated rings. The van der Waals surface area contributed by atoms with E-state index in [2.05, 4.69) is 23.0 Å². The molecule has 3 nitrogen and oxygen atoms in total. The molecule has 0 saturated heterocycles. The van der Waals surface area contributed by atoms with Crippen LogP contribution in [0, 0.1) is 0 Å². The predicted molar refractivity (Wildman–Crippen MR) is 67.6 cm³/mol. The third-order valence-electron chi connectivity index (χ3n) is 2.61. The Morgan fingerprint density at radius 1 is 1.31 bits per heavy atom. The molecular weight excluding hydrogens is 222 g/mol. The molecule has 2 rings (SSSR count). The first-order chi connectivity index (χ1) is 7.72.